The van der Waals surface area contributed by atoms with E-state index in [0.29, 0.717) is 24.2 Å². The van der Waals surface area contributed by atoms with Crippen molar-refractivity contribution in [2.75, 3.05) is 18.4 Å². The molecule has 0 spiro atoms. The van der Waals surface area contributed by atoms with Gasteiger partial charge in [-0.25, -0.2) is 0 Å². The Bertz CT molecular complexity index is 734. The molecular weight excluding hydrogens is 321 g/mol. The molecule has 0 aliphatic carbocycles. The molecular formula is C16H15F3N4O. The smallest absolute Gasteiger partial charge is 0.319 e. The number of pyridine rings is 2. The molecule has 1 aliphatic rings. The number of rotatable bonds is 3. The Morgan fingerprint density at radius 1 is 1.29 bits per heavy atom. The first kappa shape index (κ1) is 16.4. The van der Waals surface area contributed by atoms with E-state index in [4.69, 9.17) is 0 Å². The number of carbonyl (C=O) groups is 1. The van der Waals surface area contributed by atoms with Gasteiger partial charge in [-0.1, -0.05) is 6.07 Å². The summed E-state index contributed by atoms with van der Waals surface area (Å²) in [6, 6.07) is 6.65. The second kappa shape index (κ2) is 6.56. The molecule has 1 amide bonds. The molecule has 0 atom stereocenters. The molecule has 0 unspecified atom stereocenters. The van der Waals surface area contributed by atoms with Gasteiger partial charge in [-0.05, 0) is 23.8 Å². The Morgan fingerprint density at radius 3 is 2.83 bits per heavy atom. The Hall–Kier alpha value is -2.48. The highest BCUT2D eigenvalue weighted by atomic mass is 19.4. The van der Waals surface area contributed by atoms with Crippen LogP contribution in [-0.2, 0) is 13.0 Å². The van der Waals surface area contributed by atoms with Crippen LogP contribution in [0, 0.1) is 0 Å². The van der Waals surface area contributed by atoms with E-state index in [0.717, 1.165) is 5.69 Å². The summed E-state index contributed by atoms with van der Waals surface area (Å²) in [6.07, 6.45) is -0.746. The first-order valence-corrected chi connectivity index (χ1v) is 7.40. The van der Waals surface area contributed by atoms with Gasteiger partial charge in [0.25, 0.3) is 5.91 Å². The van der Waals surface area contributed by atoms with Crippen molar-refractivity contribution in [1.29, 1.82) is 0 Å². The lowest BCUT2D eigenvalue weighted by Gasteiger charge is -2.28. The molecule has 0 saturated heterocycles. The zero-order chi connectivity index (χ0) is 17.2. The minimum atomic E-state index is -4.23. The number of hydrogen-bond donors (Lipinski definition) is 1. The second-order valence-corrected chi connectivity index (χ2v) is 5.57. The van der Waals surface area contributed by atoms with Crippen molar-refractivity contribution in [3.05, 3.63) is 53.6 Å². The van der Waals surface area contributed by atoms with Crippen molar-refractivity contribution >= 4 is 11.6 Å². The third-order valence-corrected chi connectivity index (χ3v) is 3.68. The van der Waals surface area contributed by atoms with E-state index in [1.807, 2.05) is 0 Å². The zero-order valence-corrected chi connectivity index (χ0v) is 12.7. The number of anilines is 1. The number of hydrogen-bond acceptors (Lipinski definition) is 4. The van der Waals surface area contributed by atoms with Crippen molar-refractivity contribution in [3.63, 3.8) is 0 Å². The van der Waals surface area contributed by atoms with E-state index in [-0.39, 0.29) is 18.1 Å². The lowest BCUT2D eigenvalue weighted by molar-refractivity contribution is -0.147. The molecule has 0 radical (unpaired) electrons. The molecule has 126 valence electrons. The first-order valence-electron chi connectivity index (χ1n) is 7.40. The van der Waals surface area contributed by atoms with E-state index >= 15 is 0 Å². The van der Waals surface area contributed by atoms with E-state index in [2.05, 4.69) is 15.3 Å². The summed E-state index contributed by atoms with van der Waals surface area (Å²) in [5.74, 6) is -0.389. The molecule has 0 saturated carbocycles. The summed E-state index contributed by atoms with van der Waals surface area (Å²) in [7, 11) is 0. The highest BCUT2D eigenvalue weighted by molar-refractivity contribution is 6.02. The van der Waals surface area contributed by atoms with Crippen LogP contribution in [0.3, 0.4) is 0 Å². The van der Waals surface area contributed by atoms with Gasteiger partial charge in [-0.2, -0.15) is 13.2 Å². The summed E-state index contributed by atoms with van der Waals surface area (Å²) in [4.78, 5) is 21.6. The molecule has 3 heterocycles. The Kier molecular flexibility index (Phi) is 4.48. The lowest BCUT2D eigenvalue weighted by Crippen LogP contribution is -2.38. The maximum absolute atomic E-state index is 12.5. The van der Waals surface area contributed by atoms with Crippen LogP contribution < -0.4 is 5.32 Å². The van der Waals surface area contributed by atoms with Crippen LogP contribution in [0.2, 0.25) is 0 Å². The van der Waals surface area contributed by atoms with Crippen molar-refractivity contribution < 1.29 is 18.0 Å². The topological polar surface area (TPSA) is 58.1 Å². The number of carbonyl (C=O) groups excluding carboxylic acids is 1. The molecule has 8 heteroatoms. The van der Waals surface area contributed by atoms with Crippen molar-refractivity contribution in [2.24, 2.45) is 0 Å². The molecule has 24 heavy (non-hydrogen) atoms. The van der Waals surface area contributed by atoms with Crippen LogP contribution >= 0.6 is 0 Å². The summed E-state index contributed by atoms with van der Waals surface area (Å²) in [6.45, 7) is -0.467. The summed E-state index contributed by atoms with van der Waals surface area (Å²) in [5.41, 5.74) is 2.17. The number of amides is 1. The SMILES string of the molecule is O=C(Nc1cnc2c(c1)CN(CC(F)(F)F)CC2)c1ccccn1. The Balaban J connectivity index is 1.72. The summed E-state index contributed by atoms with van der Waals surface area (Å²) in [5, 5.41) is 2.67. The summed E-state index contributed by atoms with van der Waals surface area (Å²) >= 11 is 0. The van der Waals surface area contributed by atoms with E-state index < -0.39 is 12.7 Å². The van der Waals surface area contributed by atoms with Crippen LogP contribution in [0.15, 0.2) is 36.7 Å². The molecule has 2 aromatic rings. The number of fused-ring (bicyclic) bond motifs is 1. The normalized spacial score (nSPS) is 15.0. The molecule has 1 N–H and O–H groups in total. The monoisotopic (exact) mass is 336 g/mol. The predicted octanol–water partition coefficient (Wildman–Crippen LogP) is 2.65. The minimum Gasteiger partial charge on any atom is -0.319 e. The average Bonchev–Trinajstić information content (AvgIpc) is 2.54. The minimum absolute atomic E-state index is 0.162. The molecule has 3 rings (SSSR count). The van der Waals surface area contributed by atoms with E-state index in [1.54, 1.807) is 24.3 Å². The van der Waals surface area contributed by atoms with E-state index in [9.17, 15) is 18.0 Å². The molecule has 0 aromatic carbocycles. The molecule has 2 aromatic heterocycles. The lowest BCUT2D eigenvalue weighted by atomic mass is 10.1. The summed E-state index contributed by atoms with van der Waals surface area (Å²) < 4.78 is 37.6. The molecule has 1 aliphatic heterocycles. The van der Waals surface area contributed by atoms with Gasteiger partial charge in [-0.15, -0.1) is 0 Å². The Labute approximate surface area is 136 Å². The van der Waals surface area contributed by atoms with Crippen molar-refractivity contribution in [1.82, 2.24) is 14.9 Å². The van der Waals surface area contributed by atoms with Gasteiger partial charge in [0, 0.05) is 31.4 Å². The van der Waals surface area contributed by atoms with E-state index in [1.165, 1.54) is 17.3 Å². The first-order chi connectivity index (χ1) is 11.4. The number of aromatic nitrogens is 2. The largest absolute Gasteiger partial charge is 0.401 e. The van der Waals surface area contributed by atoms with Crippen molar-refractivity contribution in [3.8, 4) is 0 Å². The fraction of sp³-hybridized carbons (Fsp3) is 0.312. The van der Waals surface area contributed by atoms with Crippen LogP contribution in [0.1, 0.15) is 21.7 Å². The standard InChI is InChI=1S/C16H15F3N4O/c17-16(18,19)10-23-6-4-13-11(9-23)7-12(8-21-13)22-15(24)14-3-1-2-5-20-14/h1-3,5,7-8H,4,6,9-10H2,(H,22,24). The number of alkyl halides is 3. The van der Waals surface area contributed by atoms with Gasteiger partial charge < -0.3 is 5.32 Å². The van der Waals surface area contributed by atoms with Gasteiger partial charge in [0.2, 0.25) is 0 Å². The van der Waals surface area contributed by atoms with Crippen LogP contribution in [0.4, 0.5) is 18.9 Å². The van der Waals surface area contributed by atoms with Gasteiger partial charge in [0.05, 0.1) is 18.4 Å². The van der Waals surface area contributed by atoms with Crippen LogP contribution in [-0.4, -0.2) is 40.0 Å². The highest BCUT2D eigenvalue weighted by Gasteiger charge is 2.32. The number of nitrogens with zero attached hydrogens (tertiary/aromatic N) is 3. The van der Waals surface area contributed by atoms with Gasteiger partial charge in [0.15, 0.2) is 0 Å². The third-order valence-electron chi connectivity index (χ3n) is 3.68. The third kappa shape index (κ3) is 4.08. The van der Waals surface area contributed by atoms with Gasteiger partial charge in [-0.3, -0.25) is 19.7 Å². The molecule has 0 bridgehead atoms. The fourth-order valence-electron chi connectivity index (χ4n) is 2.63. The predicted molar refractivity (Wildman–Crippen MR) is 81.5 cm³/mol. The number of halogens is 3. The molecule has 0 fully saturated rings. The van der Waals surface area contributed by atoms with Crippen molar-refractivity contribution in [2.45, 2.75) is 19.1 Å². The zero-order valence-electron chi connectivity index (χ0n) is 12.7. The maximum atomic E-state index is 12.5. The average molecular weight is 336 g/mol. The second-order valence-electron chi connectivity index (χ2n) is 5.57. The number of nitrogens with one attached hydrogen (secondary N) is 1. The quantitative estimate of drug-likeness (QED) is 0.936. The van der Waals surface area contributed by atoms with Crippen LogP contribution in [0.25, 0.3) is 0 Å². The van der Waals surface area contributed by atoms with Gasteiger partial charge >= 0.3 is 6.18 Å². The van der Waals surface area contributed by atoms with Crippen LogP contribution in [0.5, 0.6) is 0 Å². The maximum Gasteiger partial charge on any atom is 0.401 e. The molecule has 5 nitrogen and oxygen atoms in total. The van der Waals surface area contributed by atoms with Gasteiger partial charge in [0.1, 0.15) is 5.69 Å². The Morgan fingerprint density at radius 2 is 2.12 bits per heavy atom. The fourth-order valence-corrected chi connectivity index (χ4v) is 2.63. The highest BCUT2D eigenvalue weighted by Crippen LogP contribution is 2.24.